The van der Waals surface area contributed by atoms with Gasteiger partial charge in [-0.2, -0.15) is 0 Å². The fourth-order valence-corrected chi connectivity index (χ4v) is 5.04. The number of amides is 2. The SMILES string of the molecule is COc1ccc2nccc(NC(=O)OC3CCN(CC(=O)c4ccc5c(c4)NC(=O)CS5)CC3)c2n1. The number of benzene rings is 1. The van der Waals surface area contributed by atoms with Crippen LogP contribution in [0.4, 0.5) is 16.2 Å². The average molecular weight is 508 g/mol. The number of carbonyl (C=O) groups excluding carboxylic acids is 3. The highest BCUT2D eigenvalue weighted by Gasteiger charge is 2.25. The van der Waals surface area contributed by atoms with E-state index in [1.54, 1.807) is 36.5 Å². The van der Waals surface area contributed by atoms with Gasteiger partial charge in [0.1, 0.15) is 11.6 Å². The Morgan fingerprint density at radius 3 is 2.83 bits per heavy atom. The van der Waals surface area contributed by atoms with Crippen molar-refractivity contribution in [1.29, 1.82) is 0 Å². The van der Waals surface area contributed by atoms with Gasteiger partial charge < -0.3 is 14.8 Å². The summed E-state index contributed by atoms with van der Waals surface area (Å²) in [5, 5.41) is 5.58. The van der Waals surface area contributed by atoms with Crippen LogP contribution >= 0.6 is 11.8 Å². The van der Waals surface area contributed by atoms with Crippen LogP contribution in [0.5, 0.6) is 5.88 Å². The number of nitrogens with zero attached hydrogens (tertiary/aromatic N) is 3. The number of carbonyl (C=O) groups is 3. The van der Waals surface area contributed by atoms with E-state index in [9.17, 15) is 14.4 Å². The Bertz CT molecular complexity index is 1330. The third-order valence-corrected chi connectivity index (χ3v) is 7.19. The largest absolute Gasteiger partial charge is 0.481 e. The van der Waals surface area contributed by atoms with Gasteiger partial charge >= 0.3 is 6.09 Å². The molecule has 2 amide bonds. The lowest BCUT2D eigenvalue weighted by Crippen LogP contribution is -2.41. The summed E-state index contributed by atoms with van der Waals surface area (Å²) in [4.78, 5) is 48.7. The lowest BCUT2D eigenvalue weighted by Gasteiger charge is -2.31. The van der Waals surface area contributed by atoms with Crippen molar-refractivity contribution in [3.8, 4) is 5.88 Å². The molecule has 186 valence electrons. The molecule has 0 atom stereocenters. The predicted molar refractivity (Wildman–Crippen MR) is 136 cm³/mol. The number of rotatable bonds is 6. The molecule has 5 rings (SSSR count). The number of ketones is 1. The standard InChI is InChI=1S/C25H25N5O5S/c1-34-23-5-3-17-24(29-23)18(6-9-26-17)28-25(33)35-16-7-10-30(11-8-16)13-20(31)15-2-4-21-19(12-15)27-22(32)14-36-21/h2-6,9,12,16H,7-8,10-11,13-14H2,1H3,(H,27,32)(H,26,28,33). The van der Waals surface area contributed by atoms with Crippen LogP contribution in [0.15, 0.2) is 47.5 Å². The van der Waals surface area contributed by atoms with Crippen LogP contribution in [0.1, 0.15) is 23.2 Å². The molecule has 0 aliphatic carbocycles. The first-order valence-corrected chi connectivity index (χ1v) is 12.6. The van der Waals surface area contributed by atoms with Crippen LogP contribution in [0, 0.1) is 0 Å². The van der Waals surface area contributed by atoms with Gasteiger partial charge in [-0.25, -0.2) is 9.78 Å². The van der Waals surface area contributed by atoms with E-state index < -0.39 is 6.09 Å². The van der Waals surface area contributed by atoms with Gasteiger partial charge in [0, 0.05) is 35.8 Å². The second-order valence-electron chi connectivity index (χ2n) is 8.56. The number of thioether (sulfide) groups is 1. The summed E-state index contributed by atoms with van der Waals surface area (Å²) in [6.45, 7) is 1.55. The molecule has 1 aromatic carbocycles. The van der Waals surface area contributed by atoms with Crippen LogP contribution in [-0.2, 0) is 9.53 Å². The van der Waals surface area contributed by atoms with E-state index in [0.29, 0.717) is 65.5 Å². The van der Waals surface area contributed by atoms with E-state index >= 15 is 0 Å². The van der Waals surface area contributed by atoms with Gasteiger partial charge in [0.2, 0.25) is 11.8 Å². The van der Waals surface area contributed by atoms with E-state index in [1.807, 2.05) is 6.07 Å². The van der Waals surface area contributed by atoms with Gasteiger partial charge in [-0.3, -0.25) is 24.8 Å². The maximum atomic E-state index is 12.8. The number of anilines is 2. The number of piperidine rings is 1. The molecular weight excluding hydrogens is 482 g/mol. The summed E-state index contributed by atoms with van der Waals surface area (Å²) in [5.41, 5.74) is 2.90. The molecule has 0 bridgehead atoms. The van der Waals surface area contributed by atoms with Gasteiger partial charge in [0.15, 0.2) is 5.78 Å². The zero-order chi connectivity index (χ0) is 25.1. The first-order valence-electron chi connectivity index (χ1n) is 11.6. The topological polar surface area (TPSA) is 123 Å². The van der Waals surface area contributed by atoms with Crippen molar-refractivity contribution in [2.24, 2.45) is 0 Å². The van der Waals surface area contributed by atoms with Crippen molar-refractivity contribution in [1.82, 2.24) is 14.9 Å². The molecule has 0 spiro atoms. The maximum absolute atomic E-state index is 12.8. The molecule has 3 aromatic rings. The van der Waals surface area contributed by atoms with Crippen molar-refractivity contribution in [2.45, 2.75) is 23.8 Å². The molecule has 2 aliphatic heterocycles. The molecule has 2 aliphatic rings. The molecular formula is C25H25N5O5S. The van der Waals surface area contributed by atoms with Crippen molar-refractivity contribution < 1.29 is 23.9 Å². The summed E-state index contributed by atoms with van der Waals surface area (Å²) < 4.78 is 10.8. The van der Waals surface area contributed by atoms with Crippen molar-refractivity contribution in [3.63, 3.8) is 0 Å². The van der Waals surface area contributed by atoms with Crippen LogP contribution in [0.3, 0.4) is 0 Å². The summed E-state index contributed by atoms with van der Waals surface area (Å²) in [6, 6.07) is 10.6. The Morgan fingerprint density at radius 2 is 2.03 bits per heavy atom. The highest BCUT2D eigenvalue weighted by Crippen LogP contribution is 2.32. The van der Waals surface area contributed by atoms with Crippen LogP contribution in [-0.4, -0.2) is 71.3 Å². The third-order valence-electron chi connectivity index (χ3n) is 6.11. The van der Waals surface area contributed by atoms with Crippen LogP contribution in [0.2, 0.25) is 0 Å². The Hall–Kier alpha value is -3.70. The van der Waals surface area contributed by atoms with E-state index in [0.717, 1.165) is 4.90 Å². The number of aromatic nitrogens is 2. The predicted octanol–water partition coefficient (Wildman–Crippen LogP) is 3.58. The first-order chi connectivity index (χ1) is 17.5. The fourth-order valence-electron chi connectivity index (χ4n) is 4.25. The number of hydrogen-bond donors (Lipinski definition) is 2. The monoisotopic (exact) mass is 507 g/mol. The second kappa shape index (κ2) is 10.5. The van der Waals surface area contributed by atoms with Crippen LogP contribution < -0.4 is 15.4 Å². The van der Waals surface area contributed by atoms with E-state index in [4.69, 9.17) is 9.47 Å². The fraction of sp³-hybridized carbons (Fsp3) is 0.320. The second-order valence-corrected chi connectivity index (χ2v) is 9.57. The van der Waals surface area contributed by atoms with E-state index in [1.165, 1.54) is 18.9 Å². The summed E-state index contributed by atoms with van der Waals surface area (Å²) in [6.07, 6.45) is 2.04. The highest BCUT2D eigenvalue weighted by atomic mass is 32.2. The van der Waals surface area contributed by atoms with Gasteiger partial charge in [-0.05, 0) is 37.1 Å². The molecule has 0 saturated carbocycles. The molecule has 1 fully saturated rings. The average Bonchev–Trinajstić information content (AvgIpc) is 2.89. The molecule has 2 aromatic heterocycles. The van der Waals surface area contributed by atoms with Crippen molar-refractivity contribution >= 4 is 52.0 Å². The zero-order valence-electron chi connectivity index (χ0n) is 19.7. The molecule has 0 radical (unpaired) electrons. The van der Waals surface area contributed by atoms with Gasteiger partial charge in [0.05, 0.1) is 36.3 Å². The minimum absolute atomic E-state index is 0.00720. The zero-order valence-corrected chi connectivity index (χ0v) is 20.5. The minimum Gasteiger partial charge on any atom is -0.481 e. The molecule has 36 heavy (non-hydrogen) atoms. The maximum Gasteiger partial charge on any atom is 0.411 e. The van der Waals surface area contributed by atoms with E-state index in [2.05, 4.69) is 25.5 Å². The number of fused-ring (bicyclic) bond motifs is 2. The molecule has 0 unspecified atom stereocenters. The van der Waals surface area contributed by atoms with Gasteiger partial charge in [0.25, 0.3) is 0 Å². The van der Waals surface area contributed by atoms with E-state index in [-0.39, 0.29) is 24.3 Å². The van der Waals surface area contributed by atoms with Gasteiger partial charge in [-0.1, -0.05) is 6.07 Å². The summed E-state index contributed by atoms with van der Waals surface area (Å²) >= 11 is 1.47. The lowest BCUT2D eigenvalue weighted by atomic mass is 10.1. The van der Waals surface area contributed by atoms with Crippen molar-refractivity contribution in [2.75, 3.05) is 43.1 Å². The minimum atomic E-state index is -0.560. The third kappa shape index (κ3) is 5.42. The highest BCUT2D eigenvalue weighted by molar-refractivity contribution is 8.00. The number of nitrogens with one attached hydrogen (secondary N) is 2. The van der Waals surface area contributed by atoms with Crippen LogP contribution in [0.25, 0.3) is 11.0 Å². The van der Waals surface area contributed by atoms with Crippen molar-refractivity contribution in [3.05, 3.63) is 48.2 Å². The number of hydrogen-bond acceptors (Lipinski definition) is 9. The number of Topliss-reactive ketones (excluding diaryl/α,β-unsaturated/α-hetero) is 1. The Morgan fingerprint density at radius 1 is 1.19 bits per heavy atom. The molecule has 2 N–H and O–H groups in total. The number of pyridine rings is 2. The molecule has 1 saturated heterocycles. The Kier molecular flexibility index (Phi) is 7.01. The summed E-state index contributed by atoms with van der Waals surface area (Å²) in [7, 11) is 1.53. The molecule has 11 heteroatoms. The number of likely N-dealkylation sites (tertiary alicyclic amines) is 1. The number of ether oxygens (including phenoxy) is 2. The van der Waals surface area contributed by atoms with Gasteiger partial charge in [-0.15, -0.1) is 11.8 Å². The summed E-state index contributed by atoms with van der Waals surface area (Å²) in [5.74, 6) is 0.747. The molecule has 10 nitrogen and oxygen atoms in total. The Labute approximate surface area is 211 Å². The Balaban J connectivity index is 1.13. The number of methoxy groups -OCH3 is 1. The quantitative estimate of drug-likeness (QED) is 0.482. The smallest absolute Gasteiger partial charge is 0.411 e. The lowest BCUT2D eigenvalue weighted by molar-refractivity contribution is -0.113. The molecule has 4 heterocycles. The normalized spacial score (nSPS) is 16.2. The first kappa shape index (κ1) is 24.0.